The van der Waals surface area contributed by atoms with E-state index in [2.05, 4.69) is 6.07 Å². The topological polar surface area (TPSA) is 35.5 Å². The number of hydrogen-bond acceptors (Lipinski definition) is 3. The molecule has 3 rings (SSSR count). The molecule has 0 saturated heterocycles. The van der Waals surface area contributed by atoms with Crippen LogP contribution in [0, 0.1) is 5.82 Å². The minimum atomic E-state index is -0.271. The molecule has 0 unspecified atom stereocenters. The zero-order chi connectivity index (χ0) is 17.8. The van der Waals surface area contributed by atoms with Crippen molar-refractivity contribution in [3.05, 3.63) is 58.9 Å². The molecule has 0 spiro atoms. The first-order valence-electron chi connectivity index (χ1n) is 8.86. The van der Waals surface area contributed by atoms with Crippen molar-refractivity contribution in [1.29, 1.82) is 0 Å². The maximum atomic E-state index is 13.9. The third-order valence-corrected chi connectivity index (χ3v) is 4.49. The molecule has 0 aliphatic heterocycles. The highest BCUT2D eigenvalue weighted by atomic mass is 19.1. The minimum Gasteiger partial charge on any atom is -0.489 e. The third-order valence-electron chi connectivity index (χ3n) is 4.49. The highest BCUT2D eigenvalue weighted by Crippen LogP contribution is 2.44. The Morgan fingerprint density at radius 1 is 1.20 bits per heavy atom. The van der Waals surface area contributed by atoms with E-state index in [1.165, 1.54) is 6.07 Å². The van der Waals surface area contributed by atoms with Crippen LogP contribution < -0.4 is 9.47 Å². The van der Waals surface area contributed by atoms with E-state index in [0.717, 1.165) is 24.0 Å². The SMILES string of the molecule is CCC(=O)Oc1cccc(C2CC2)c1COc1ccc(CC)c(F)c1. The fraction of sp³-hybridized carbons (Fsp3) is 0.381. The van der Waals surface area contributed by atoms with Crippen LogP contribution in [0.2, 0.25) is 0 Å². The maximum absolute atomic E-state index is 13.9. The molecule has 3 nitrogen and oxygen atoms in total. The molecule has 2 aromatic carbocycles. The van der Waals surface area contributed by atoms with Gasteiger partial charge < -0.3 is 9.47 Å². The molecule has 1 aliphatic rings. The predicted octanol–water partition coefficient (Wildman–Crippen LogP) is 5.16. The van der Waals surface area contributed by atoms with Crippen LogP contribution in [0.5, 0.6) is 11.5 Å². The van der Waals surface area contributed by atoms with Gasteiger partial charge in [-0.3, -0.25) is 4.79 Å². The van der Waals surface area contributed by atoms with Crippen molar-refractivity contribution in [1.82, 2.24) is 0 Å². The molecule has 0 bridgehead atoms. The fourth-order valence-electron chi connectivity index (χ4n) is 2.86. The Morgan fingerprint density at radius 2 is 2.00 bits per heavy atom. The van der Waals surface area contributed by atoms with Crippen molar-refractivity contribution in [3.8, 4) is 11.5 Å². The van der Waals surface area contributed by atoms with Gasteiger partial charge in [-0.1, -0.05) is 32.0 Å². The number of benzene rings is 2. The summed E-state index contributed by atoms with van der Waals surface area (Å²) in [6.07, 6.45) is 3.24. The molecule has 0 N–H and O–H groups in total. The summed E-state index contributed by atoms with van der Waals surface area (Å²) in [6, 6.07) is 10.7. The average molecular weight is 342 g/mol. The molecular formula is C21H23FO3. The second kappa shape index (κ2) is 7.68. The van der Waals surface area contributed by atoms with E-state index >= 15 is 0 Å². The molecule has 25 heavy (non-hydrogen) atoms. The lowest BCUT2D eigenvalue weighted by Crippen LogP contribution is -2.10. The van der Waals surface area contributed by atoms with Crippen LogP contribution in [0.1, 0.15) is 55.7 Å². The van der Waals surface area contributed by atoms with Gasteiger partial charge in [-0.15, -0.1) is 0 Å². The van der Waals surface area contributed by atoms with Crippen LogP contribution in [0.4, 0.5) is 4.39 Å². The maximum Gasteiger partial charge on any atom is 0.310 e. The van der Waals surface area contributed by atoms with Gasteiger partial charge in [0.2, 0.25) is 0 Å². The van der Waals surface area contributed by atoms with Crippen molar-refractivity contribution in [3.63, 3.8) is 0 Å². The summed E-state index contributed by atoms with van der Waals surface area (Å²) in [5.74, 6) is 0.994. The molecule has 1 aliphatic carbocycles. The van der Waals surface area contributed by atoms with E-state index < -0.39 is 0 Å². The van der Waals surface area contributed by atoms with Crippen LogP contribution >= 0.6 is 0 Å². The van der Waals surface area contributed by atoms with Gasteiger partial charge in [0.15, 0.2) is 0 Å². The molecule has 0 atom stereocenters. The van der Waals surface area contributed by atoms with Gasteiger partial charge in [-0.05, 0) is 48.4 Å². The largest absolute Gasteiger partial charge is 0.489 e. The summed E-state index contributed by atoms with van der Waals surface area (Å²) in [7, 11) is 0. The predicted molar refractivity (Wildman–Crippen MR) is 94.5 cm³/mol. The number of aryl methyl sites for hydroxylation is 1. The van der Waals surface area contributed by atoms with Gasteiger partial charge >= 0.3 is 5.97 Å². The van der Waals surface area contributed by atoms with E-state index in [1.807, 2.05) is 13.0 Å². The highest BCUT2D eigenvalue weighted by Gasteiger charge is 2.28. The summed E-state index contributed by atoms with van der Waals surface area (Å²) in [5.41, 5.74) is 2.71. The zero-order valence-electron chi connectivity index (χ0n) is 14.7. The van der Waals surface area contributed by atoms with Gasteiger partial charge in [0.25, 0.3) is 0 Å². The lowest BCUT2D eigenvalue weighted by Gasteiger charge is -2.15. The zero-order valence-corrected chi connectivity index (χ0v) is 14.7. The summed E-state index contributed by atoms with van der Waals surface area (Å²) < 4.78 is 25.2. The van der Waals surface area contributed by atoms with E-state index in [-0.39, 0.29) is 18.4 Å². The lowest BCUT2D eigenvalue weighted by atomic mass is 10.0. The molecule has 0 radical (unpaired) electrons. The number of carbonyl (C=O) groups excluding carboxylic acids is 1. The smallest absolute Gasteiger partial charge is 0.310 e. The second-order valence-corrected chi connectivity index (χ2v) is 6.32. The fourth-order valence-corrected chi connectivity index (χ4v) is 2.86. The third kappa shape index (κ3) is 4.19. The van der Waals surface area contributed by atoms with Gasteiger partial charge in [0.05, 0.1) is 0 Å². The Labute approximate surface area is 147 Å². The first-order valence-corrected chi connectivity index (χ1v) is 8.86. The van der Waals surface area contributed by atoms with E-state index in [4.69, 9.17) is 9.47 Å². The van der Waals surface area contributed by atoms with Crippen LogP contribution in [0.15, 0.2) is 36.4 Å². The molecule has 1 fully saturated rings. The standard InChI is InChI=1S/C21H23FO3/c1-3-14-10-11-16(12-19(14)22)24-13-18-17(15-8-9-15)6-5-7-20(18)25-21(23)4-2/h5-7,10-12,15H,3-4,8-9,13H2,1-2H3. The Bertz CT molecular complexity index is 766. The molecular weight excluding hydrogens is 319 g/mol. The number of carbonyl (C=O) groups is 1. The Hall–Kier alpha value is -2.36. The quantitative estimate of drug-likeness (QED) is 0.515. The van der Waals surface area contributed by atoms with Crippen molar-refractivity contribution < 1.29 is 18.7 Å². The summed E-state index contributed by atoms with van der Waals surface area (Å²) >= 11 is 0. The van der Waals surface area contributed by atoms with Gasteiger partial charge in [-0.25, -0.2) is 4.39 Å². The number of esters is 1. The average Bonchev–Trinajstić information content (AvgIpc) is 3.45. The van der Waals surface area contributed by atoms with Gasteiger partial charge in [-0.2, -0.15) is 0 Å². The van der Waals surface area contributed by atoms with E-state index in [0.29, 0.717) is 35.8 Å². The lowest BCUT2D eigenvalue weighted by molar-refractivity contribution is -0.134. The number of hydrogen-bond donors (Lipinski definition) is 0. The Balaban J connectivity index is 1.82. The van der Waals surface area contributed by atoms with Crippen LogP contribution in [0.25, 0.3) is 0 Å². The van der Waals surface area contributed by atoms with Crippen LogP contribution in [-0.4, -0.2) is 5.97 Å². The number of rotatable bonds is 7. The molecule has 2 aromatic rings. The monoisotopic (exact) mass is 342 g/mol. The Kier molecular flexibility index (Phi) is 5.37. The van der Waals surface area contributed by atoms with Crippen LogP contribution in [-0.2, 0) is 17.8 Å². The van der Waals surface area contributed by atoms with E-state index in [1.54, 1.807) is 25.1 Å². The van der Waals surface area contributed by atoms with Crippen LogP contribution in [0.3, 0.4) is 0 Å². The Morgan fingerprint density at radius 3 is 2.64 bits per heavy atom. The highest BCUT2D eigenvalue weighted by molar-refractivity contribution is 5.72. The summed E-state index contributed by atoms with van der Waals surface area (Å²) in [6.45, 7) is 3.93. The molecule has 4 heteroatoms. The van der Waals surface area contributed by atoms with Crippen molar-refractivity contribution in [2.45, 2.75) is 52.1 Å². The molecule has 0 heterocycles. The minimum absolute atomic E-state index is 0.254. The van der Waals surface area contributed by atoms with E-state index in [9.17, 15) is 9.18 Å². The number of ether oxygens (including phenoxy) is 2. The second-order valence-electron chi connectivity index (χ2n) is 6.32. The summed E-state index contributed by atoms with van der Waals surface area (Å²) in [5, 5.41) is 0. The molecule has 132 valence electrons. The van der Waals surface area contributed by atoms with Crippen molar-refractivity contribution >= 4 is 5.97 Å². The normalized spacial score (nSPS) is 13.6. The summed E-state index contributed by atoms with van der Waals surface area (Å²) in [4.78, 5) is 11.7. The van der Waals surface area contributed by atoms with Crippen molar-refractivity contribution in [2.24, 2.45) is 0 Å². The number of halogens is 1. The molecule has 1 saturated carbocycles. The first kappa shape index (κ1) is 17.5. The molecule has 0 amide bonds. The first-order chi connectivity index (χ1) is 12.1. The van der Waals surface area contributed by atoms with Crippen molar-refractivity contribution in [2.75, 3.05) is 0 Å². The van der Waals surface area contributed by atoms with Gasteiger partial charge in [0, 0.05) is 18.1 Å². The molecule has 0 aromatic heterocycles. The van der Waals surface area contributed by atoms with Gasteiger partial charge in [0.1, 0.15) is 23.9 Å².